The minimum absolute atomic E-state index is 0.0120. The Morgan fingerprint density at radius 3 is 1.93 bits per heavy atom. The lowest BCUT2D eigenvalue weighted by molar-refractivity contribution is 0.225. The van der Waals surface area contributed by atoms with E-state index in [1.165, 1.54) is 16.7 Å². The summed E-state index contributed by atoms with van der Waals surface area (Å²) in [6.07, 6.45) is 0.685. The van der Waals surface area contributed by atoms with Gasteiger partial charge in [0.2, 0.25) is 5.62 Å². The van der Waals surface area contributed by atoms with Crippen LogP contribution >= 0.6 is 0 Å². The minimum Gasteiger partial charge on any atom is -0.394 e. The van der Waals surface area contributed by atoms with Crippen LogP contribution in [0.2, 0.25) is 0 Å². The average Bonchev–Trinajstić information content (AvgIpc) is 3.00. The van der Waals surface area contributed by atoms with Gasteiger partial charge in [0.15, 0.2) is 0 Å². The summed E-state index contributed by atoms with van der Waals surface area (Å²) in [5.74, 6) is 0. The van der Waals surface area contributed by atoms with Crippen LogP contribution in [0.4, 0.5) is 0 Å². The predicted molar refractivity (Wildman–Crippen MR) is 122 cm³/mol. The van der Waals surface area contributed by atoms with E-state index in [1.54, 1.807) is 0 Å². The molecule has 0 fully saturated rings. The number of nitrogens with zero attached hydrogens (tertiary/aromatic N) is 2. The Morgan fingerprint density at radius 1 is 0.767 bits per heavy atom. The molecule has 1 heterocycles. The molecule has 0 amide bonds. The van der Waals surface area contributed by atoms with Crippen molar-refractivity contribution in [2.75, 3.05) is 6.61 Å². The summed E-state index contributed by atoms with van der Waals surface area (Å²) in [5, 5.41) is 19.2. The summed E-state index contributed by atoms with van der Waals surface area (Å²) in [6, 6.07) is 23.0. The molecule has 4 aromatic rings. The first-order chi connectivity index (χ1) is 14.5. The number of benzene rings is 3. The molecular weight excluding hydrogens is 370 g/mol. The SMILES string of the molecule is Cc1ccc(C[C@@H](CO)n2c(=N)n(Cc3ccc(C)cc3)c3cc(C)ccc32)cc1. The topological polar surface area (TPSA) is 53.9 Å². The van der Waals surface area contributed by atoms with Crippen molar-refractivity contribution >= 4 is 11.0 Å². The summed E-state index contributed by atoms with van der Waals surface area (Å²) >= 11 is 0. The van der Waals surface area contributed by atoms with Crippen molar-refractivity contribution in [3.8, 4) is 0 Å². The van der Waals surface area contributed by atoms with E-state index in [4.69, 9.17) is 5.41 Å². The lowest BCUT2D eigenvalue weighted by atomic mass is 10.0. The van der Waals surface area contributed by atoms with Crippen LogP contribution in [0.5, 0.6) is 0 Å². The molecule has 1 atom stereocenters. The van der Waals surface area contributed by atoms with Crippen molar-refractivity contribution in [2.24, 2.45) is 0 Å². The molecule has 154 valence electrons. The molecule has 0 spiro atoms. The summed E-state index contributed by atoms with van der Waals surface area (Å²) in [4.78, 5) is 0. The zero-order chi connectivity index (χ0) is 21.3. The van der Waals surface area contributed by atoms with Crippen molar-refractivity contribution in [1.82, 2.24) is 9.13 Å². The number of aliphatic hydroxyl groups is 1. The third-order valence-corrected chi connectivity index (χ3v) is 5.79. The van der Waals surface area contributed by atoms with Gasteiger partial charge in [-0.25, -0.2) is 0 Å². The highest BCUT2D eigenvalue weighted by Crippen LogP contribution is 2.22. The number of fused-ring (bicyclic) bond motifs is 1. The van der Waals surface area contributed by atoms with Gasteiger partial charge in [0.05, 0.1) is 30.2 Å². The number of imidazole rings is 1. The van der Waals surface area contributed by atoms with Gasteiger partial charge in [0.25, 0.3) is 0 Å². The van der Waals surface area contributed by atoms with Gasteiger partial charge < -0.3 is 14.2 Å². The highest BCUT2D eigenvalue weighted by Gasteiger charge is 2.19. The van der Waals surface area contributed by atoms with E-state index in [-0.39, 0.29) is 12.6 Å². The fraction of sp³-hybridized carbons (Fsp3) is 0.269. The molecule has 0 radical (unpaired) electrons. The zero-order valence-corrected chi connectivity index (χ0v) is 17.9. The third-order valence-electron chi connectivity index (χ3n) is 5.79. The summed E-state index contributed by atoms with van der Waals surface area (Å²) < 4.78 is 4.04. The largest absolute Gasteiger partial charge is 0.394 e. The van der Waals surface area contributed by atoms with Crippen molar-refractivity contribution in [3.63, 3.8) is 0 Å². The molecule has 0 aliphatic carbocycles. The summed E-state index contributed by atoms with van der Waals surface area (Å²) in [5.41, 5.74) is 8.38. The van der Waals surface area contributed by atoms with Gasteiger partial charge >= 0.3 is 0 Å². The first-order valence-electron chi connectivity index (χ1n) is 10.4. The molecule has 0 saturated carbocycles. The molecule has 0 unspecified atom stereocenters. The van der Waals surface area contributed by atoms with Crippen LogP contribution in [0.3, 0.4) is 0 Å². The van der Waals surface area contributed by atoms with Crippen LogP contribution < -0.4 is 5.62 Å². The molecule has 0 aliphatic rings. The second-order valence-corrected chi connectivity index (χ2v) is 8.28. The molecule has 3 aromatic carbocycles. The lowest BCUT2D eigenvalue weighted by Crippen LogP contribution is -2.30. The molecule has 2 N–H and O–H groups in total. The highest BCUT2D eigenvalue weighted by molar-refractivity contribution is 5.77. The summed E-state index contributed by atoms with van der Waals surface area (Å²) in [7, 11) is 0. The Morgan fingerprint density at radius 2 is 1.33 bits per heavy atom. The Kier molecular flexibility index (Phi) is 5.60. The Bertz CT molecular complexity index is 1210. The molecule has 4 rings (SSSR count). The normalized spacial score (nSPS) is 12.4. The van der Waals surface area contributed by atoms with Gasteiger partial charge in [0, 0.05) is 0 Å². The smallest absolute Gasteiger partial charge is 0.203 e. The average molecular weight is 400 g/mol. The van der Waals surface area contributed by atoms with E-state index in [9.17, 15) is 5.11 Å². The number of aromatic nitrogens is 2. The maximum Gasteiger partial charge on any atom is 0.203 e. The predicted octanol–water partition coefficient (Wildman–Crippen LogP) is 4.67. The number of nitrogens with one attached hydrogen (secondary N) is 1. The zero-order valence-electron chi connectivity index (χ0n) is 17.9. The summed E-state index contributed by atoms with van der Waals surface area (Å²) in [6.45, 7) is 6.85. The van der Waals surface area contributed by atoms with Crippen LogP contribution in [-0.2, 0) is 13.0 Å². The van der Waals surface area contributed by atoms with E-state index >= 15 is 0 Å². The Hall–Kier alpha value is -3.11. The van der Waals surface area contributed by atoms with E-state index in [0.29, 0.717) is 18.6 Å². The third kappa shape index (κ3) is 3.96. The maximum atomic E-state index is 10.2. The molecule has 0 saturated heterocycles. The van der Waals surface area contributed by atoms with E-state index in [0.717, 1.165) is 22.2 Å². The first kappa shape index (κ1) is 20.2. The fourth-order valence-electron chi connectivity index (χ4n) is 4.05. The number of hydrogen-bond acceptors (Lipinski definition) is 2. The monoisotopic (exact) mass is 399 g/mol. The standard InChI is InChI=1S/C26H29N3O/c1-18-4-9-21(10-5-18)15-23(17-30)29-24-13-8-20(3)14-25(24)28(26(29)27)16-22-11-6-19(2)7-12-22/h4-14,23,27,30H,15-17H2,1-3H3/t23-/m0/s1. The van der Waals surface area contributed by atoms with Gasteiger partial charge in [-0.3, -0.25) is 5.41 Å². The maximum absolute atomic E-state index is 10.2. The number of hydrogen-bond donors (Lipinski definition) is 2. The molecule has 4 nitrogen and oxygen atoms in total. The quantitative estimate of drug-likeness (QED) is 0.486. The van der Waals surface area contributed by atoms with Crippen LogP contribution in [0, 0.1) is 26.2 Å². The molecule has 30 heavy (non-hydrogen) atoms. The van der Waals surface area contributed by atoms with Gasteiger partial charge in [0.1, 0.15) is 0 Å². The molecule has 0 aliphatic heterocycles. The number of aliphatic hydroxyl groups excluding tert-OH is 1. The van der Waals surface area contributed by atoms with Crippen LogP contribution in [0.1, 0.15) is 33.9 Å². The Balaban J connectivity index is 1.80. The number of aryl methyl sites for hydroxylation is 3. The number of rotatable bonds is 6. The minimum atomic E-state index is -0.190. The lowest BCUT2D eigenvalue weighted by Gasteiger charge is -2.17. The van der Waals surface area contributed by atoms with Gasteiger partial charge in [-0.2, -0.15) is 0 Å². The van der Waals surface area contributed by atoms with E-state index in [1.807, 2.05) is 9.13 Å². The van der Waals surface area contributed by atoms with Crippen molar-refractivity contribution in [1.29, 1.82) is 5.41 Å². The van der Waals surface area contributed by atoms with Crippen molar-refractivity contribution in [3.05, 3.63) is 100 Å². The second kappa shape index (κ2) is 8.33. The van der Waals surface area contributed by atoms with Crippen molar-refractivity contribution in [2.45, 2.75) is 39.8 Å². The van der Waals surface area contributed by atoms with Gasteiger partial charge in [-0.15, -0.1) is 0 Å². The Labute approximate surface area is 177 Å². The van der Waals surface area contributed by atoms with Crippen LogP contribution in [-0.4, -0.2) is 20.8 Å². The van der Waals surface area contributed by atoms with Crippen LogP contribution in [0.25, 0.3) is 11.0 Å². The molecular formula is C26H29N3O. The van der Waals surface area contributed by atoms with Gasteiger partial charge in [-0.05, 0) is 56.0 Å². The van der Waals surface area contributed by atoms with E-state index < -0.39 is 0 Å². The first-order valence-corrected chi connectivity index (χ1v) is 10.4. The fourth-order valence-corrected chi connectivity index (χ4v) is 4.05. The molecule has 4 heteroatoms. The molecule has 1 aromatic heterocycles. The van der Waals surface area contributed by atoms with E-state index in [2.05, 4.69) is 87.5 Å². The molecule has 0 bridgehead atoms. The van der Waals surface area contributed by atoms with Crippen molar-refractivity contribution < 1.29 is 5.11 Å². The highest BCUT2D eigenvalue weighted by atomic mass is 16.3. The van der Waals surface area contributed by atoms with Crippen LogP contribution in [0.15, 0.2) is 66.7 Å². The van der Waals surface area contributed by atoms with Gasteiger partial charge in [-0.1, -0.05) is 65.7 Å². The second-order valence-electron chi connectivity index (χ2n) is 8.28.